The Morgan fingerprint density at radius 3 is 2.47 bits per heavy atom. The number of ketones is 1. The highest BCUT2D eigenvalue weighted by atomic mass is 16.5. The molecule has 0 aromatic heterocycles. The van der Waals surface area contributed by atoms with E-state index in [9.17, 15) is 19.8 Å². The van der Waals surface area contributed by atoms with Gasteiger partial charge in [0, 0.05) is 19.2 Å². The number of carbonyl (C=O) groups is 2. The molecule has 8 nitrogen and oxygen atoms in total. The van der Waals surface area contributed by atoms with Gasteiger partial charge < -0.3 is 29.3 Å². The lowest BCUT2D eigenvalue weighted by atomic mass is 9.94. The number of aromatic hydroxyl groups is 1. The van der Waals surface area contributed by atoms with E-state index in [0.717, 1.165) is 5.56 Å². The van der Waals surface area contributed by atoms with Crippen LogP contribution in [0.1, 0.15) is 29.7 Å². The van der Waals surface area contributed by atoms with Gasteiger partial charge in [-0.15, -0.1) is 0 Å². The minimum atomic E-state index is -0.868. The van der Waals surface area contributed by atoms with Crippen molar-refractivity contribution in [1.82, 2.24) is 4.90 Å². The Morgan fingerprint density at radius 1 is 1.09 bits per heavy atom. The molecule has 32 heavy (non-hydrogen) atoms. The van der Waals surface area contributed by atoms with Crippen LogP contribution < -0.4 is 9.47 Å². The maximum atomic E-state index is 13.0. The van der Waals surface area contributed by atoms with Gasteiger partial charge >= 0.3 is 0 Å². The molecular weight excluding hydrogens is 414 g/mol. The van der Waals surface area contributed by atoms with Crippen LogP contribution in [0.15, 0.2) is 42.0 Å². The van der Waals surface area contributed by atoms with Gasteiger partial charge in [0.15, 0.2) is 11.5 Å². The molecule has 170 valence electrons. The fourth-order valence-corrected chi connectivity index (χ4v) is 3.80. The number of ether oxygens (including phenoxy) is 3. The number of aliphatic hydroxyl groups is 1. The third kappa shape index (κ3) is 4.27. The topological polar surface area (TPSA) is 106 Å². The molecule has 0 spiro atoms. The standard InChI is InChI=1S/C24H27NO7/c1-5-32-19-13-15(6-8-17(19)26)21-20(23(28)24(29)25(21)10-11-30-3)22(27)16-7-9-18(31-4)14(2)12-16/h6-9,12-13,21,26-27H,5,10-11H2,1-4H3. The molecule has 3 rings (SSSR count). The second-order valence-electron chi connectivity index (χ2n) is 7.33. The number of nitrogens with zero attached hydrogens (tertiary/aromatic N) is 1. The summed E-state index contributed by atoms with van der Waals surface area (Å²) in [5, 5.41) is 21.2. The van der Waals surface area contributed by atoms with E-state index < -0.39 is 17.7 Å². The molecule has 0 aliphatic carbocycles. The second-order valence-corrected chi connectivity index (χ2v) is 7.33. The van der Waals surface area contributed by atoms with Gasteiger partial charge in [-0.05, 0) is 55.3 Å². The molecule has 1 aliphatic rings. The van der Waals surface area contributed by atoms with Crippen LogP contribution in [-0.2, 0) is 14.3 Å². The zero-order valence-corrected chi connectivity index (χ0v) is 18.5. The van der Waals surface area contributed by atoms with E-state index in [0.29, 0.717) is 23.5 Å². The first-order chi connectivity index (χ1) is 15.3. The first kappa shape index (κ1) is 23.1. The molecule has 1 heterocycles. The van der Waals surface area contributed by atoms with Crippen LogP contribution in [0.4, 0.5) is 0 Å². The van der Waals surface area contributed by atoms with Gasteiger partial charge in [0.05, 0.1) is 31.9 Å². The molecule has 8 heteroatoms. The van der Waals surface area contributed by atoms with Gasteiger partial charge in [0.2, 0.25) is 0 Å². The zero-order valence-electron chi connectivity index (χ0n) is 18.5. The third-order valence-corrected chi connectivity index (χ3v) is 5.34. The highest BCUT2D eigenvalue weighted by Gasteiger charge is 2.46. The van der Waals surface area contributed by atoms with Crippen molar-refractivity contribution in [3.63, 3.8) is 0 Å². The number of carbonyl (C=O) groups excluding carboxylic acids is 2. The molecule has 1 atom stereocenters. The number of rotatable bonds is 8. The average molecular weight is 441 g/mol. The quantitative estimate of drug-likeness (QED) is 0.368. The van der Waals surface area contributed by atoms with Crippen molar-refractivity contribution in [1.29, 1.82) is 0 Å². The summed E-state index contributed by atoms with van der Waals surface area (Å²) in [5.74, 6) is -1.01. The van der Waals surface area contributed by atoms with Crippen molar-refractivity contribution in [3.8, 4) is 17.2 Å². The van der Waals surface area contributed by atoms with Gasteiger partial charge in [-0.25, -0.2) is 0 Å². The van der Waals surface area contributed by atoms with Crippen molar-refractivity contribution >= 4 is 17.4 Å². The molecule has 1 aliphatic heterocycles. The zero-order chi connectivity index (χ0) is 23.4. The van der Waals surface area contributed by atoms with Gasteiger partial charge in [0.25, 0.3) is 11.7 Å². The minimum absolute atomic E-state index is 0.0381. The first-order valence-electron chi connectivity index (χ1n) is 10.2. The fraction of sp³-hybridized carbons (Fsp3) is 0.333. The summed E-state index contributed by atoms with van der Waals surface area (Å²) in [5.41, 5.74) is 1.64. The lowest BCUT2D eigenvalue weighted by molar-refractivity contribution is -0.140. The summed E-state index contributed by atoms with van der Waals surface area (Å²) in [7, 11) is 3.05. The molecule has 1 fully saturated rings. The summed E-state index contributed by atoms with van der Waals surface area (Å²) in [6, 6.07) is 8.75. The maximum absolute atomic E-state index is 13.0. The highest BCUT2D eigenvalue weighted by molar-refractivity contribution is 6.46. The van der Waals surface area contributed by atoms with Gasteiger partial charge in [0.1, 0.15) is 11.5 Å². The number of aryl methyl sites for hydroxylation is 1. The van der Waals surface area contributed by atoms with E-state index in [-0.39, 0.29) is 36.0 Å². The van der Waals surface area contributed by atoms with Crippen LogP contribution in [0.25, 0.3) is 5.76 Å². The lowest BCUT2D eigenvalue weighted by Gasteiger charge is -2.25. The predicted octanol–water partition coefficient (Wildman–Crippen LogP) is 3.18. The summed E-state index contributed by atoms with van der Waals surface area (Å²) in [6.07, 6.45) is 0. The van der Waals surface area contributed by atoms with E-state index >= 15 is 0 Å². The SMILES string of the molecule is CCOc1cc(C2C(=C(O)c3ccc(OC)c(C)c3)C(=O)C(=O)N2CCOC)ccc1O. The smallest absolute Gasteiger partial charge is 0.295 e. The average Bonchev–Trinajstić information content (AvgIpc) is 3.03. The van der Waals surface area contributed by atoms with E-state index in [2.05, 4.69) is 0 Å². The fourth-order valence-electron chi connectivity index (χ4n) is 3.80. The minimum Gasteiger partial charge on any atom is -0.507 e. The highest BCUT2D eigenvalue weighted by Crippen LogP contribution is 2.42. The molecule has 1 amide bonds. The molecule has 2 aromatic rings. The van der Waals surface area contributed by atoms with E-state index in [1.54, 1.807) is 44.4 Å². The molecular formula is C24H27NO7. The Labute approximate surface area is 186 Å². The Bertz CT molecular complexity index is 1060. The van der Waals surface area contributed by atoms with Crippen LogP contribution >= 0.6 is 0 Å². The number of likely N-dealkylation sites (tertiary alicyclic amines) is 1. The summed E-state index contributed by atoms with van der Waals surface area (Å²) < 4.78 is 15.8. The Morgan fingerprint density at radius 2 is 1.84 bits per heavy atom. The van der Waals surface area contributed by atoms with E-state index in [4.69, 9.17) is 14.2 Å². The molecule has 0 saturated carbocycles. The van der Waals surface area contributed by atoms with Gasteiger partial charge in [-0.3, -0.25) is 9.59 Å². The number of hydrogen-bond acceptors (Lipinski definition) is 7. The van der Waals surface area contributed by atoms with Crippen molar-refractivity contribution in [3.05, 3.63) is 58.7 Å². The van der Waals surface area contributed by atoms with Crippen molar-refractivity contribution < 1.29 is 34.0 Å². The van der Waals surface area contributed by atoms with Crippen LogP contribution in [-0.4, -0.2) is 60.8 Å². The van der Waals surface area contributed by atoms with Crippen LogP contribution in [0, 0.1) is 6.92 Å². The number of phenols is 1. The Hall–Kier alpha value is -3.52. The molecule has 0 bridgehead atoms. The van der Waals surface area contributed by atoms with Crippen LogP contribution in [0.2, 0.25) is 0 Å². The van der Waals surface area contributed by atoms with Crippen molar-refractivity contribution in [2.75, 3.05) is 34.0 Å². The number of methoxy groups -OCH3 is 2. The second kappa shape index (κ2) is 9.74. The maximum Gasteiger partial charge on any atom is 0.295 e. The van der Waals surface area contributed by atoms with Gasteiger partial charge in [-0.1, -0.05) is 6.07 Å². The first-order valence-corrected chi connectivity index (χ1v) is 10.2. The number of benzene rings is 2. The molecule has 0 radical (unpaired) electrons. The van der Waals surface area contributed by atoms with Crippen molar-refractivity contribution in [2.45, 2.75) is 19.9 Å². The summed E-state index contributed by atoms with van der Waals surface area (Å²) >= 11 is 0. The Balaban J connectivity index is 2.19. The molecule has 1 saturated heterocycles. The van der Waals surface area contributed by atoms with E-state index in [1.807, 2.05) is 6.92 Å². The summed E-state index contributed by atoms with van der Waals surface area (Å²) in [6.45, 7) is 4.28. The number of hydrogen-bond donors (Lipinski definition) is 2. The molecule has 2 aromatic carbocycles. The monoisotopic (exact) mass is 441 g/mol. The third-order valence-electron chi connectivity index (χ3n) is 5.34. The van der Waals surface area contributed by atoms with Crippen LogP contribution in [0.5, 0.6) is 17.2 Å². The largest absolute Gasteiger partial charge is 0.507 e. The van der Waals surface area contributed by atoms with Gasteiger partial charge in [-0.2, -0.15) is 0 Å². The number of Topliss-reactive ketones (excluding diaryl/α,β-unsaturated/α-hetero) is 1. The number of aliphatic hydroxyl groups excluding tert-OH is 1. The lowest BCUT2D eigenvalue weighted by Crippen LogP contribution is -2.32. The predicted molar refractivity (Wildman–Crippen MR) is 118 cm³/mol. The number of phenolic OH excluding ortho intramolecular Hbond substituents is 1. The van der Waals surface area contributed by atoms with E-state index in [1.165, 1.54) is 18.1 Å². The Kier molecular flexibility index (Phi) is 7.05. The molecule has 2 N–H and O–H groups in total. The normalized spacial score (nSPS) is 17.6. The van der Waals surface area contributed by atoms with Crippen LogP contribution in [0.3, 0.4) is 0 Å². The van der Waals surface area contributed by atoms with Crippen molar-refractivity contribution in [2.24, 2.45) is 0 Å². The summed E-state index contributed by atoms with van der Waals surface area (Å²) in [4.78, 5) is 27.2. The molecule has 1 unspecified atom stereocenters. The number of amides is 1.